The molecule has 4 aromatic carbocycles. The molecule has 0 saturated carbocycles. The zero-order chi connectivity index (χ0) is 29.8. The van der Waals surface area contributed by atoms with Gasteiger partial charge in [-0.25, -0.2) is 4.68 Å². The topological polar surface area (TPSA) is 52.1 Å². The number of fused-ring (bicyclic) bond motifs is 2. The summed E-state index contributed by atoms with van der Waals surface area (Å²) in [4.78, 5) is 3.73. The molecule has 0 spiro atoms. The van der Waals surface area contributed by atoms with Crippen LogP contribution in [0.4, 0.5) is 0 Å². The molecule has 42 heavy (non-hydrogen) atoms. The normalized spacial score (nSPS) is 12.3. The molecule has 6 aromatic rings. The number of benzene rings is 4. The van der Waals surface area contributed by atoms with Gasteiger partial charge >= 0.3 is 0 Å². The van der Waals surface area contributed by atoms with E-state index in [1.807, 2.05) is 35.1 Å². The molecule has 2 heterocycles. The summed E-state index contributed by atoms with van der Waals surface area (Å²) < 4.78 is 12.8. The van der Waals surface area contributed by atoms with Crippen LogP contribution in [0.3, 0.4) is 0 Å². The molecular weight excluding hydrogens is 518 g/mol. The van der Waals surface area contributed by atoms with Gasteiger partial charge in [0.1, 0.15) is 17.2 Å². The molecule has 0 atom stereocenters. The monoisotopic (exact) mass is 557 g/mol. The van der Waals surface area contributed by atoms with Crippen molar-refractivity contribution >= 4 is 21.5 Å². The number of methoxy groups -OCH3 is 2. The molecule has 2 aromatic heterocycles. The van der Waals surface area contributed by atoms with Crippen molar-refractivity contribution in [2.24, 2.45) is 0 Å². The molecule has 0 aliphatic heterocycles. The third-order valence-corrected chi connectivity index (χ3v) is 8.11. The smallest absolute Gasteiger partial charge is 0.124 e. The zero-order valence-electron chi connectivity index (χ0n) is 25.8. The summed E-state index contributed by atoms with van der Waals surface area (Å²) in [6.45, 7) is 13.6. The number of rotatable bonds is 5. The molecular formula is C37H39N3O2. The summed E-state index contributed by atoms with van der Waals surface area (Å²) in [5, 5.41) is 9.88. The zero-order valence-corrected chi connectivity index (χ0v) is 25.8. The van der Waals surface area contributed by atoms with Crippen molar-refractivity contribution in [3.63, 3.8) is 0 Å². The number of ether oxygens (including phenoxy) is 2. The fourth-order valence-electron chi connectivity index (χ4n) is 5.56. The minimum Gasteiger partial charge on any atom is -0.497 e. The third-order valence-electron chi connectivity index (χ3n) is 8.11. The van der Waals surface area contributed by atoms with Gasteiger partial charge in [0.15, 0.2) is 0 Å². The maximum absolute atomic E-state index is 5.46. The first-order valence-electron chi connectivity index (χ1n) is 14.4. The van der Waals surface area contributed by atoms with Crippen LogP contribution in [0.2, 0.25) is 0 Å². The van der Waals surface area contributed by atoms with E-state index in [1.54, 1.807) is 14.2 Å². The van der Waals surface area contributed by atoms with Crippen LogP contribution in [0.25, 0.3) is 49.9 Å². The number of nitrogens with zero attached hydrogens (tertiary/aromatic N) is 2. The number of nitrogens with one attached hydrogen (secondary N) is 1. The Bertz CT molecular complexity index is 1840. The predicted molar refractivity (Wildman–Crippen MR) is 174 cm³/mol. The number of aromatic nitrogens is 3. The second kappa shape index (κ2) is 10.1. The van der Waals surface area contributed by atoms with Crippen LogP contribution in [0.5, 0.6) is 11.5 Å². The van der Waals surface area contributed by atoms with Gasteiger partial charge in [-0.15, -0.1) is 0 Å². The fraction of sp³-hybridized carbons (Fsp3) is 0.270. The lowest BCUT2D eigenvalue weighted by molar-refractivity contribution is 0.394. The quantitative estimate of drug-likeness (QED) is 0.215. The van der Waals surface area contributed by atoms with Crippen molar-refractivity contribution in [1.29, 1.82) is 0 Å². The van der Waals surface area contributed by atoms with Gasteiger partial charge in [0.2, 0.25) is 0 Å². The van der Waals surface area contributed by atoms with Crippen molar-refractivity contribution in [2.75, 3.05) is 14.2 Å². The van der Waals surface area contributed by atoms with Crippen LogP contribution in [0, 0.1) is 0 Å². The maximum atomic E-state index is 5.46. The van der Waals surface area contributed by atoms with E-state index >= 15 is 0 Å². The summed E-state index contributed by atoms with van der Waals surface area (Å²) >= 11 is 0. The van der Waals surface area contributed by atoms with E-state index in [2.05, 4.69) is 101 Å². The van der Waals surface area contributed by atoms with Gasteiger partial charge in [0, 0.05) is 35.7 Å². The molecule has 5 nitrogen and oxygen atoms in total. The van der Waals surface area contributed by atoms with Crippen LogP contribution < -0.4 is 9.47 Å². The first kappa shape index (κ1) is 27.6. The average Bonchev–Trinajstić information content (AvgIpc) is 3.64. The lowest BCUT2D eigenvalue weighted by Gasteiger charge is -2.22. The van der Waals surface area contributed by atoms with E-state index in [1.165, 1.54) is 38.2 Å². The second-order valence-electron chi connectivity index (χ2n) is 13.1. The molecule has 0 fully saturated rings. The average molecular weight is 558 g/mol. The van der Waals surface area contributed by atoms with E-state index in [0.29, 0.717) is 0 Å². The lowest BCUT2D eigenvalue weighted by atomic mass is 9.82. The summed E-state index contributed by atoms with van der Waals surface area (Å²) in [6, 6.07) is 28.2. The Balaban J connectivity index is 1.51. The molecule has 0 radical (unpaired) electrons. The first-order chi connectivity index (χ1) is 19.9. The largest absolute Gasteiger partial charge is 0.497 e. The highest BCUT2D eigenvalue weighted by atomic mass is 16.5. The van der Waals surface area contributed by atoms with E-state index in [4.69, 9.17) is 14.6 Å². The Morgan fingerprint density at radius 2 is 1.17 bits per heavy atom. The van der Waals surface area contributed by atoms with E-state index in [0.717, 1.165) is 34.3 Å². The number of H-pyrrole nitrogens is 1. The van der Waals surface area contributed by atoms with E-state index in [-0.39, 0.29) is 10.8 Å². The second-order valence-corrected chi connectivity index (χ2v) is 13.1. The standard InChI is InChI=1S/C37H39N3O2/c1-36(2,3)25-11-9-23-17-24-10-12-26(37(4,5)6)19-31(24)35(30(23)18-25)34-14-13-32(38-34)33-15-16-40(39-33)27-20-28(41-7)22-29(21-27)42-8/h9-22,38H,1-8H3. The van der Waals surface area contributed by atoms with E-state index < -0.39 is 0 Å². The van der Waals surface area contributed by atoms with Crippen molar-refractivity contribution in [3.8, 4) is 39.8 Å². The highest BCUT2D eigenvalue weighted by Gasteiger charge is 2.20. The third kappa shape index (κ3) is 5.04. The first-order valence-corrected chi connectivity index (χ1v) is 14.4. The van der Waals surface area contributed by atoms with Crippen LogP contribution in [0.1, 0.15) is 52.7 Å². The van der Waals surface area contributed by atoms with Crippen molar-refractivity contribution < 1.29 is 9.47 Å². The summed E-state index contributed by atoms with van der Waals surface area (Å²) in [6.07, 6.45) is 1.96. The van der Waals surface area contributed by atoms with Gasteiger partial charge in [0.25, 0.3) is 0 Å². The fourth-order valence-corrected chi connectivity index (χ4v) is 5.56. The maximum Gasteiger partial charge on any atom is 0.124 e. The Kier molecular flexibility index (Phi) is 6.64. The molecule has 0 aliphatic rings. The molecule has 1 N–H and O–H groups in total. The highest BCUT2D eigenvalue weighted by Crippen LogP contribution is 2.40. The highest BCUT2D eigenvalue weighted by molar-refractivity contribution is 6.12. The van der Waals surface area contributed by atoms with Crippen molar-refractivity contribution in [1.82, 2.24) is 14.8 Å². The Morgan fingerprint density at radius 1 is 0.619 bits per heavy atom. The predicted octanol–water partition coefficient (Wildman–Crippen LogP) is 9.45. The SMILES string of the molecule is COc1cc(OC)cc(-n2ccc(-c3ccc(-c4c5cc(C(C)(C)C)ccc5cc5ccc(C(C)(C)C)cc45)[nH]3)n2)c1. The number of hydrogen-bond acceptors (Lipinski definition) is 3. The minimum atomic E-state index is 0.0458. The van der Waals surface area contributed by atoms with Crippen molar-refractivity contribution in [3.05, 3.63) is 96.2 Å². The van der Waals surface area contributed by atoms with Gasteiger partial charge in [-0.1, -0.05) is 65.8 Å². The minimum absolute atomic E-state index is 0.0458. The summed E-state index contributed by atoms with van der Waals surface area (Å²) in [5.41, 5.74) is 7.73. The number of aromatic amines is 1. The van der Waals surface area contributed by atoms with Crippen LogP contribution in [-0.4, -0.2) is 29.0 Å². The summed E-state index contributed by atoms with van der Waals surface area (Å²) in [7, 11) is 3.30. The van der Waals surface area contributed by atoms with Crippen LogP contribution in [-0.2, 0) is 10.8 Å². The molecule has 0 aliphatic carbocycles. The molecule has 0 saturated heterocycles. The molecule has 0 amide bonds. The Hall–Kier alpha value is -4.51. The lowest BCUT2D eigenvalue weighted by Crippen LogP contribution is -2.11. The van der Waals surface area contributed by atoms with Gasteiger partial charge in [-0.05, 0) is 79.9 Å². The molecule has 214 valence electrons. The van der Waals surface area contributed by atoms with Gasteiger partial charge in [-0.3, -0.25) is 0 Å². The van der Waals surface area contributed by atoms with Crippen LogP contribution in [0.15, 0.2) is 85.1 Å². The van der Waals surface area contributed by atoms with E-state index in [9.17, 15) is 0 Å². The molecule has 6 rings (SSSR count). The Morgan fingerprint density at radius 3 is 1.69 bits per heavy atom. The van der Waals surface area contributed by atoms with Crippen LogP contribution >= 0.6 is 0 Å². The molecule has 0 unspecified atom stereocenters. The van der Waals surface area contributed by atoms with Gasteiger partial charge < -0.3 is 14.5 Å². The van der Waals surface area contributed by atoms with Gasteiger partial charge in [-0.2, -0.15) is 5.10 Å². The molecule has 5 heteroatoms. The molecule has 0 bridgehead atoms. The Labute approximate surface area is 248 Å². The number of hydrogen-bond donors (Lipinski definition) is 1. The van der Waals surface area contributed by atoms with Gasteiger partial charge in [0.05, 0.1) is 25.6 Å². The summed E-state index contributed by atoms with van der Waals surface area (Å²) in [5.74, 6) is 1.44. The van der Waals surface area contributed by atoms with Crippen molar-refractivity contribution in [2.45, 2.75) is 52.4 Å².